The van der Waals surface area contributed by atoms with Crippen molar-refractivity contribution in [3.05, 3.63) is 58.6 Å². The van der Waals surface area contributed by atoms with Gasteiger partial charge in [-0.1, -0.05) is 16.8 Å². The first-order valence-corrected chi connectivity index (χ1v) is 5.79. The maximum atomic E-state index is 13.1. The molecule has 104 valence electrons. The molecule has 0 atom stereocenters. The van der Waals surface area contributed by atoms with Gasteiger partial charge >= 0.3 is 0 Å². The van der Waals surface area contributed by atoms with Crippen LogP contribution in [0.25, 0.3) is 0 Å². The van der Waals surface area contributed by atoms with Gasteiger partial charge in [0, 0.05) is 29.3 Å². The van der Waals surface area contributed by atoms with Crippen molar-refractivity contribution in [1.82, 2.24) is 0 Å². The number of benzene rings is 2. The molecule has 0 aliphatic rings. The zero-order chi connectivity index (χ0) is 14.7. The van der Waals surface area contributed by atoms with Crippen molar-refractivity contribution in [2.45, 2.75) is 0 Å². The summed E-state index contributed by atoms with van der Waals surface area (Å²) in [5.74, 6) is -1.75. The molecule has 0 aliphatic heterocycles. The summed E-state index contributed by atoms with van der Waals surface area (Å²) in [7, 11) is 0. The highest BCUT2D eigenvalue weighted by Crippen LogP contribution is 2.29. The van der Waals surface area contributed by atoms with E-state index in [1.54, 1.807) is 0 Å². The summed E-state index contributed by atoms with van der Waals surface area (Å²) in [5, 5.41) is 11.9. The average molecular weight is 299 g/mol. The smallest absolute Gasteiger partial charge is 0.173 e. The van der Waals surface area contributed by atoms with Gasteiger partial charge in [0.25, 0.3) is 0 Å². The van der Waals surface area contributed by atoms with Crippen molar-refractivity contribution < 1.29 is 18.7 Å². The highest BCUT2D eigenvalue weighted by atomic mass is 35.5. The zero-order valence-corrected chi connectivity index (χ0v) is 10.7. The van der Waals surface area contributed by atoms with Crippen molar-refractivity contribution in [1.29, 1.82) is 0 Å². The van der Waals surface area contributed by atoms with Gasteiger partial charge in [0.05, 0.1) is 5.56 Å². The van der Waals surface area contributed by atoms with Gasteiger partial charge < -0.3 is 15.7 Å². The molecule has 0 spiro atoms. The Morgan fingerprint density at radius 2 is 1.80 bits per heavy atom. The van der Waals surface area contributed by atoms with Gasteiger partial charge in [0.15, 0.2) is 5.84 Å². The van der Waals surface area contributed by atoms with Gasteiger partial charge in [-0.3, -0.25) is 0 Å². The van der Waals surface area contributed by atoms with Gasteiger partial charge in [-0.15, -0.1) is 0 Å². The summed E-state index contributed by atoms with van der Waals surface area (Å²) >= 11 is 5.82. The average Bonchev–Trinajstić information content (AvgIpc) is 2.37. The molecule has 7 heteroatoms. The lowest BCUT2D eigenvalue weighted by molar-refractivity contribution is 0.318. The van der Waals surface area contributed by atoms with E-state index in [9.17, 15) is 8.78 Å². The maximum Gasteiger partial charge on any atom is 0.173 e. The Morgan fingerprint density at radius 3 is 2.40 bits per heavy atom. The fourth-order valence-electron chi connectivity index (χ4n) is 1.56. The molecule has 3 N–H and O–H groups in total. The molecule has 0 amide bonds. The topological polar surface area (TPSA) is 67.8 Å². The van der Waals surface area contributed by atoms with E-state index in [0.29, 0.717) is 5.02 Å². The molecule has 2 aromatic carbocycles. The van der Waals surface area contributed by atoms with E-state index in [0.717, 1.165) is 18.2 Å². The van der Waals surface area contributed by atoms with E-state index in [2.05, 4.69) is 5.16 Å². The lowest BCUT2D eigenvalue weighted by Gasteiger charge is -2.11. The standard InChI is InChI=1S/C13H9ClF2N2O2/c14-7-1-2-11(13(17)18-19)12(3-7)20-10-5-8(15)4-9(16)6-10/h1-6,19H,(H2,17,18). The van der Waals surface area contributed by atoms with E-state index in [1.165, 1.54) is 18.2 Å². The minimum Gasteiger partial charge on any atom is -0.456 e. The molecule has 0 aromatic heterocycles. The SMILES string of the molecule is NC(=NO)c1ccc(Cl)cc1Oc1cc(F)cc(F)c1. The number of rotatable bonds is 3. The van der Waals surface area contributed by atoms with Gasteiger partial charge in [-0.2, -0.15) is 0 Å². The van der Waals surface area contributed by atoms with Crippen LogP contribution >= 0.6 is 11.6 Å². The number of halogens is 3. The monoisotopic (exact) mass is 298 g/mol. The number of oxime groups is 1. The van der Waals surface area contributed by atoms with Gasteiger partial charge in [-0.25, -0.2) is 8.78 Å². The molecule has 0 unspecified atom stereocenters. The van der Waals surface area contributed by atoms with Crippen molar-refractivity contribution in [2.24, 2.45) is 10.9 Å². The highest BCUT2D eigenvalue weighted by Gasteiger charge is 2.11. The molecule has 0 bridgehead atoms. The number of hydrogen-bond acceptors (Lipinski definition) is 3. The second-order valence-corrected chi connectivity index (χ2v) is 4.27. The van der Waals surface area contributed by atoms with Crippen molar-refractivity contribution in [3.8, 4) is 11.5 Å². The first kappa shape index (κ1) is 14.1. The third-order valence-electron chi connectivity index (χ3n) is 2.39. The van der Waals surface area contributed by atoms with Crippen LogP contribution in [0.5, 0.6) is 11.5 Å². The Labute approximate surface area is 118 Å². The van der Waals surface area contributed by atoms with Crippen LogP contribution in [-0.2, 0) is 0 Å². The number of nitrogens with two attached hydrogens (primary N) is 1. The lowest BCUT2D eigenvalue weighted by atomic mass is 10.2. The Hall–Kier alpha value is -2.34. The van der Waals surface area contributed by atoms with Crippen LogP contribution in [0.1, 0.15) is 5.56 Å². The van der Waals surface area contributed by atoms with Crippen molar-refractivity contribution >= 4 is 17.4 Å². The summed E-state index contributed by atoms with van der Waals surface area (Å²) in [6, 6.07) is 7.07. The van der Waals surface area contributed by atoms with Crippen LogP contribution in [0.2, 0.25) is 5.02 Å². The quantitative estimate of drug-likeness (QED) is 0.394. The fourth-order valence-corrected chi connectivity index (χ4v) is 1.72. The number of nitrogens with zero attached hydrogens (tertiary/aromatic N) is 1. The third kappa shape index (κ3) is 3.16. The predicted octanol–water partition coefficient (Wildman–Crippen LogP) is 3.51. The molecule has 20 heavy (non-hydrogen) atoms. The molecule has 0 heterocycles. The number of hydrogen-bond donors (Lipinski definition) is 2. The fraction of sp³-hybridized carbons (Fsp3) is 0. The molecule has 0 saturated carbocycles. The van der Waals surface area contributed by atoms with Crippen LogP contribution in [0, 0.1) is 11.6 Å². The van der Waals surface area contributed by atoms with E-state index in [4.69, 9.17) is 27.3 Å². The number of ether oxygens (including phenoxy) is 1. The Balaban J connectivity index is 2.44. The maximum absolute atomic E-state index is 13.1. The first-order valence-electron chi connectivity index (χ1n) is 5.41. The van der Waals surface area contributed by atoms with Crippen molar-refractivity contribution in [2.75, 3.05) is 0 Å². The predicted molar refractivity (Wildman–Crippen MR) is 70.4 cm³/mol. The van der Waals surface area contributed by atoms with E-state index in [-0.39, 0.29) is 22.9 Å². The molecule has 2 rings (SSSR count). The third-order valence-corrected chi connectivity index (χ3v) is 2.63. The molecule has 4 nitrogen and oxygen atoms in total. The summed E-state index contributed by atoms with van der Waals surface area (Å²) in [6.45, 7) is 0. The summed E-state index contributed by atoms with van der Waals surface area (Å²) < 4.78 is 31.5. The zero-order valence-electron chi connectivity index (χ0n) is 9.98. The Bertz CT molecular complexity index is 657. The molecule has 2 aromatic rings. The van der Waals surface area contributed by atoms with Crippen LogP contribution in [0.15, 0.2) is 41.6 Å². The van der Waals surface area contributed by atoms with Crippen LogP contribution in [0.4, 0.5) is 8.78 Å². The second kappa shape index (κ2) is 5.75. The van der Waals surface area contributed by atoms with Crippen LogP contribution in [-0.4, -0.2) is 11.0 Å². The summed E-state index contributed by atoms with van der Waals surface area (Å²) in [5.41, 5.74) is 5.72. The van der Waals surface area contributed by atoms with Crippen molar-refractivity contribution in [3.63, 3.8) is 0 Å². The van der Waals surface area contributed by atoms with E-state index in [1.807, 2.05) is 0 Å². The van der Waals surface area contributed by atoms with E-state index < -0.39 is 11.6 Å². The second-order valence-electron chi connectivity index (χ2n) is 3.83. The van der Waals surface area contributed by atoms with Gasteiger partial charge in [0.1, 0.15) is 23.1 Å². The number of amidine groups is 1. The largest absolute Gasteiger partial charge is 0.456 e. The molecule has 0 saturated heterocycles. The van der Waals surface area contributed by atoms with Crippen LogP contribution in [0.3, 0.4) is 0 Å². The lowest BCUT2D eigenvalue weighted by Crippen LogP contribution is -2.14. The van der Waals surface area contributed by atoms with Gasteiger partial charge in [0.2, 0.25) is 0 Å². The molecule has 0 radical (unpaired) electrons. The van der Waals surface area contributed by atoms with Crippen LogP contribution < -0.4 is 10.5 Å². The first-order chi connectivity index (χ1) is 9.49. The Kier molecular flexibility index (Phi) is 4.05. The summed E-state index contributed by atoms with van der Waals surface area (Å²) in [4.78, 5) is 0. The minimum atomic E-state index is -0.785. The summed E-state index contributed by atoms with van der Waals surface area (Å²) in [6.07, 6.45) is 0. The molecule has 0 aliphatic carbocycles. The Morgan fingerprint density at radius 1 is 1.15 bits per heavy atom. The minimum absolute atomic E-state index is 0.0724. The molecular weight excluding hydrogens is 290 g/mol. The van der Waals surface area contributed by atoms with Gasteiger partial charge in [-0.05, 0) is 12.1 Å². The normalized spacial score (nSPS) is 11.4. The molecular formula is C13H9ClF2N2O2. The highest BCUT2D eigenvalue weighted by molar-refractivity contribution is 6.30. The van der Waals surface area contributed by atoms with E-state index >= 15 is 0 Å². The molecule has 0 fully saturated rings.